The largest absolute Gasteiger partial charge is 0.451 e. The highest BCUT2D eigenvalue weighted by molar-refractivity contribution is 6.08. The van der Waals surface area contributed by atoms with Crippen molar-refractivity contribution >= 4 is 23.8 Å². The number of rotatable bonds is 6. The fourth-order valence-electron chi connectivity index (χ4n) is 3.60. The topological polar surface area (TPSA) is 105 Å². The second-order valence-corrected chi connectivity index (χ2v) is 7.42. The third-order valence-corrected chi connectivity index (χ3v) is 5.36. The highest BCUT2D eigenvalue weighted by atomic mass is 16.5. The Kier molecular flexibility index (Phi) is 4.71. The standard InChI is InChI=1S/C17H25N3O5/c1-10(14(22)18-12-5-3-4-6-12)25-13(21)9-20-15(23)17(2,11-7-8-11)19-16(20)24/h10-12H,3-9H2,1-2H3,(H,18,22)(H,19,24). The van der Waals surface area contributed by atoms with E-state index in [0.717, 1.165) is 43.4 Å². The van der Waals surface area contributed by atoms with E-state index in [1.165, 1.54) is 6.92 Å². The Hall–Kier alpha value is -2.12. The number of ether oxygens (including phenoxy) is 1. The van der Waals surface area contributed by atoms with Crippen LogP contribution in [0.1, 0.15) is 52.4 Å². The molecule has 4 amide bonds. The summed E-state index contributed by atoms with van der Waals surface area (Å²) in [5, 5.41) is 5.53. The lowest BCUT2D eigenvalue weighted by Crippen LogP contribution is -2.46. The molecule has 138 valence electrons. The summed E-state index contributed by atoms with van der Waals surface area (Å²) in [5.41, 5.74) is -0.928. The molecule has 2 saturated carbocycles. The van der Waals surface area contributed by atoms with Gasteiger partial charge in [-0.05, 0) is 45.4 Å². The van der Waals surface area contributed by atoms with Crippen LogP contribution in [0, 0.1) is 5.92 Å². The predicted molar refractivity (Wildman–Crippen MR) is 87.3 cm³/mol. The molecule has 3 rings (SSSR count). The molecule has 2 N–H and O–H groups in total. The van der Waals surface area contributed by atoms with Crippen LogP contribution in [0.2, 0.25) is 0 Å². The maximum Gasteiger partial charge on any atom is 0.327 e. The van der Waals surface area contributed by atoms with Gasteiger partial charge in [-0.15, -0.1) is 0 Å². The van der Waals surface area contributed by atoms with Crippen molar-refractivity contribution in [3.05, 3.63) is 0 Å². The lowest BCUT2D eigenvalue weighted by Gasteiger charge is -2.21. The minimum atomic E-state index is -0.955. The smallest absolute Gasteiger partial charge is 0.327 e. The van der Waals surface area contributed by atoms with E-state index in [9.17, 15) is 19.2 Å². The Balaban J connectivity index is 1.50. The SMILES string of the molecule is CC(OC(=O)CN1C(=O)NC(C)(C2CC2)C1=O)C(=O)NC1CCCC1. The molecule has 0 radical (unpaired) electrons. The Morgan fingerprint density at radius 3 is 2.52 bits per heavy atom. The van der Waals surface area contributed by atoms with Crippen LogP contribution in [0.3, 0.4) is 0 Å². The van der Waals surface area contributed by atoms with Crippen molar-refractivity contribution in [2.45, 2.75) is 70.1 Å². The van der Waals surface area contributed by atoms with E-state index in [4.69, 9.17) is 4.74 Å². The number of nitrogens with zero attached hydrogens (tertiary/aromatic N) is 1. The van der Waals surface area contributed by atoms with Gasteiger partial charge in [0.15, 0.2) is 6.10 Å². The van der Waals surface area contributed by atoms with Crippen molar-refractivity contribution in [2.75, 3.05) is 6.54 Å². The number of hydrogen-bond acceptors (Lipinski definition) is 5. The molecule has 1 saturated heterocycles. The van der Waals surface area contributed by atoms with Crippen molar-refractivity contribution in [1.82, 2.24) is 15.5 Å². The van der Waals surface area contributed by atoms with Crippen LogP contribution in [-0.4, -0.2) is 52.9 Å². The number of amides is 4. The lowest BCUT2D eigenvalue weighted by molar-refractivity contribution is -0.156. The van der Waals surface area contributed by atoms with Gasteiger partial charge in [-0.1, -0.05) is 12.8 Å². The first-order chi connectivity index (χ1) is 11.8. The first-order valence-electron chi connectivity index (χ1n) is 8.95. The molecule has 0 aromatic carbocycles. The maximum absolute atomic E-state index is 12.5. The van der Waals surface area contributed by atoms with Crippen molar-refractivity contribution in [3.8, 4) is 0 Å². The highest BCUT2D eigenvalue weighted by Gasteiger charge is 2.56. The average molecular weight is 351 g/mol. The third kappa shape index (κ3) is 3.62. The summed E-state index contributed by atoms with van der Waals surface area (Å²) < 4.78 is 5.10. The first-order valence-corrected chi connectivity index (χ1v) is 8.95. The van der Waals surface area contributed by atoms with Crippen molar-refractivity contribution in [3.63, 3.8) is 0 Å². The van der Waals surface area contributed by atoms with E-state index in [1.807, 2.05) is 0 Å². The summed E-state index contributed by atoms with van der Waals surface area (Å²) in [6.07, 6.45) is 4.88. The van der Waals surface area contributed by atoms with Gasteiger partial charge in [0.25, 0.3) is 11.8 Å². The fourth-order valence-corrected chi connectivity index (χ4v) is 3.60. The summed E-state index contributed by atoms with van der Waals surface area (Å²) >= 11 is 0. The zero-order valence-electron chi connectivity index (χ0n) is 14.7. The minimum absolute atomic E-state index is 0.126. The molecular weight excluding hydrogens is 326 g/mol. The van der Waals surface area contributed by atoms with Gasteiger partial charge in [0, 0.05) is 6.04 Å². The second kappa shape index (κ2) is 6.65. The van der Waals surface area contributed by atoms with Gasteiger partial charge < -0.3 is 15.4 Å². The van der Waals surface area contributed by atoms with Gasteiger partial charge in [-0.25, -0.2) is 4.79 Å². The van der Waals surface area contributed by atoms with Crippen molar-refractivity contribution < 1.29 is 23.9 Å². The Morgan fingerprint density at radius 2 is 1.92 bits per heavy atom. The van der Waals surface area contributed by atoms with Gasteiger partial charge in [0.2, 0.25) is 0 Å². The maximum atomic E-state index is 12.5. The van der Waals surface area contributed by atoms with Crippen LogP contribution in [-0.2, 0) is 19.1 Å². The highest BCUT2D eigenvalue weighted by Crippen LogP contribution is 2.42. The van der Waals surface area contributed by atoms with Crippen LogP contribution in [0.5, 0.6) is 0 Å². The van der Waals surface area contributed by atoms with Gasteiger partial charge >= 0.3 is 12.0 Å². The molecule has 0 spiro atoms. The minimum Gasteiger partial charge on any atom is -0.451 e. The number of hydrogen-bond donors (Lipinski definition) is 2. The zero-order chi connectivity index (χ0) is 18.2. The van der Waals surface area contributed by atoms with Gasteiger partial charge in [0.05, 0.1) is 0 Å². The number of carbonyl (C=O) groups is 4. The van der Waals surface area contributed by atoms with E-state index < -0.39 is 36.1 Å². The van der Waals surface area contributed by atoms with Crippen molar-refractivity contribution in [2.24, 2.45) is 5.92 Å². The molecule has 0 aromatic rings. The molecule has 3 aliphatic rings. The molecule has 2 atom stereocenters. The monoisotopic (exact) mass is 351 g/mol. The Morgan fingerprint density at radius 1 is 1.28 bits per heavy atom. The van der Waals surface area contributed by atoms with Crippen LogP contribution in [0.4, 0.5) is 4.79 Å². The first kappa shape index (κ1) is 17.7. The van der Waals surface area contributed by atoms with Crippen LogP contribution >= 0.6 is 0 Å². The van der Waals surface area contributed by atoms with Crippen LogP contribution < -0.4 is 10.6 Å². The fraction of sp³-hybridized carbons (Fsp3) is 0.765. The summed E-state index contributed by atoms with van der Waals surface area (Å²) in [4.78, 5) is 49.5. The van der Waals surface area contributed by atoms with E-state index >= 15 is 0 Å². The summed E-state index contributed by atoms with van der Waals surface area (Å²) in [6, 6.07) is -0.446. The van der Waals surface area contributed by atoms with E-state index in [1.54, 1.807) is 6.92 Å². The lowest BCUT2D eigenvalue weighted by atomic mass is 9.96. The van der Waals surface area contributed by atoms with Crippen LogP contribution in [0.15, 0.2) is 0 Å². The van der Waals surface area contributed by atoms with E-state index in [0.29, 0.717) is 0 Å². The molecule has 2 aliphatic carbocycles. The Bertz CT molecular complexity index is 597. The van der Waals surface area contributed by atoms with E-state index in [2.05, 4.69) is 10.6 Å². The molecule has 1 aliphatic heterocycles. The molecule has 0 bridgehead atoms. The van der Waals surface area contributed by atoms with Gasteiger partial charge in [-0.2, -0.15) is 0 Å². The number of nitrogens with one attached hydrogen (secondary N) is 2. The number of urea groups is 1. The molecule has 2 unspecified atom stereocenters. The van der Waals surface area contributed by atoms with E-state index in [-0.39, 0.29) is 17.9 Å². The molecule has 25 heavy (non-hydrogen) atoms. The van der Waals surface area contributed by atoms with Crippen molar-refractivity contribution in [1.29, 1.82) is 0 Å². The second-order valence-electron chi connectivity index (χ2n) is 7.42. The van der Waals surface area contributed by atoms with Gasteiger partial charge in [-0.3, -0.25) is 19.3 Å². The third-order valence-electron chi connectivity index (χ3n) is 5.36. The summed E-state index contributed by atoms with van der Waals surface area (Å²) in [5.74, 6) is -1.39. The Labute approximate surface area is 146 Å². The molecule has 0 aromatic heterocycles. The summed E-state index contributed by atoms with van der Waals surface area (Å²) in [7, 11) is 0. The van der Waals surface area contributed by atoms with Crippen LogP contribution in [0.25, 0.3) is 0 Å². The zero-order valence-corrected chi connectivity index (χ0v) is 14.7. The molecular formula is C17H25N3O5. The molecule has 8 heteroatoms. The molecule has 1 heterocycles. The average Bonchev–Trinajstić information content (AvgIpc) is 3.25. The summed E-state index contributed by atoms with van der Waals surface area (Å²) in [6.45, 7) is 2.70. The number of imide groups is 1. The predicted octanol–water partition coefficient (Wildman–Crippen LogP) is 0.697. The quantitative estimate of drug-likeness (QED) is 0.541. The number of carbonyl (C=O) groups excluding carboxylic acids is 4. The molecule has 3 fully saturated rings. The van der Waals surface area contributed by atoms with Gasteiger partial charge in [0.1, 0.15) is 12.1 Å². The molecule has 8 nitrogen and oxygen atoms in total. The number of esters is 1. The normalized spacial score (nSPS) is 28.0.